The van der Waals surface area contributed by atoms with Gasteiger partial charge in [-0.15, -0.1) is 0 Å². The van der Waals surface area contributed by atoms with Gasteiger partial charge in [-0.25, -0.2) is 4.98 Å². The normalized spacial score (nSPS) is 21.5. The molecule has 1 aromatic rings. The molecule has 0 amide bonds. The molecule has 1 N–H and O–H groups in total. The molecule has 0 spiro atoms. The van der Waals surface area contributed by atoms with Crippen molar-refractivity contribution in [3.05, 3.63) is 11.9 Å². The van der Waals surface area contributed by atoms with Gasteiger partial charge in [0.15, 0.2) is 0 Å². The number of imidazole rings is 1. The first-order valence-corrected chi connectivity index (χ1v) is 5.12. The largest absolute Gasteiger partial charge is 0.341 e. The first-order valence-electron chi connectivity index (χ1n) is 5.12. The van der Waals surface area contributed by atoms with Crippen LogP contribution in [0, 0.1) is 6.92 Å². The lowest BCUT2D eigenvalue weighted by Gasteiger charge is -2.24. The van der Waals surface area contributed by atoms with Gasteiger partial charge in [0.05, 0.1) is 5.69 Å². The highest BCUT2D eigenvalue weighted by atomic mass is 15.3. The van der Waals surface area contributed by atoms with E-state index >= 15 is 0 Å². The van der Waals surface area contributed by atoms with Gasteiger partial charge >= 0.3 is 0 Å². The summed E-state index contributed by atoms with van der Waals surface area (Å²) in [6.45, 7) is 4.23. The summed E-state index contributed by atoms with van der Waals surface area (Å²) < 4.78 is 2.09. The minimum Gasteiger partial charge on any atom is -0.341 e. The molecule has 14 heavy (non-hydrogen) atoms. The predicted molar refractivity (Wildman–Crippen MR) is 57.6 cm³/mol. The highest BCUT2D eigenvalue weighted by molar-refractivity contribution is 5.34. The van der Waals surface area contributed by atoms with Crippen molar-refractivity contribution in [2.24, 2.45) is 7.05 Å². The lowest BCUT2D eigenvalue weighted by molar-refractivity contribution is 0.655. The molecule has 0 bridgehead atoms. The zero-order valence-corrected chi connectivity index (χ0v) is 9.12. The van der Waals surface area contributed by atoms with Gasteiger partial charge in [0.1, 0.15) is 0 Å². The maximum absolute atomic E-state index is 4.52. The second kappa shape index (κ2) is 3.61. The van der Waals surface area contributed by atoms with Crippen LogP contribution in [0.3, 0.4) is 0 Å². The molecule has 1 aliphatic heterocycles. The Morgan fingerprint density at radius 2 is 2.43 bits per heavy atom. The molecule has 4 nitrogen and oxygen atoms in total. The van der Waals surface area contributed by atoms with Crippen molar-refractivity contribution in [1.82, 2.24) is 14.9 Å². The average molecular weight is 194 g/mol. The SMILES string of the molecule is Cc1cn(C)c(N(C)C2CCNC2)n1. The fourth-order valence-electron chi connectivity index (χ4n) is 2.06. The van der Waals surface area contributed by atoms with Crippen LogP contribution in [0.25, 0.3) is 0 Å². The third-order valence-electron chi connectivity index (χ3n) is 2.87. The molecular formula is C10H18N4. The summed E-state index contributed by atoms with van der Waals surface area (Å²) in [5.41, 5.74) is 1.08. The summed E-state index contributed by atoms with van der Waals surface area (Å²) in [6, 6.07) is 0.593. The number of hydrogen-bond acceptors (Lipinski definition) is 3. The molecule has 1 unspecified atom stereocenters. The summed E-state index contributed by atoms with van der Waals surface area (Å²) in [4.78, 5) is 6.79. The molecular weight excluding hydrogens is 176 g/mol. The fraction of sp³-hybridized carbons (Fsp3) is 0.700. The second-order valence-electron chi connectivity index (χ2n) is 4.05. The van der Waals surface area contributed by atoms with Crippen molar-refractivity contribution in [3.63, 3.8) is 0 Å². The summed E-state index contributed by atoms with van der Waals surface area (Å²) in [5, 5.41) is 3.37. The van der Waals surface area contributed by atoms with Gasteiger partial charge in [-0.2, -0.15) is 0 Å². The van der Waals surface area contributed by atoms with E-state index in [0.29, 0.717) is 6.04 Å². The van der Waals surface area contributed by atoms with E-state index in [4.69, 9.17) is 0 Å². The third kappa shape index (κ3) is 1.62. The van der Waals surface area contributed by atoms with Crippen LogP contribution in [0.15, 0.2) is 6.20 Å². The maximum atomic E-state index is 4.52. The smallest absolute Gasteiger partial charge is 0.205 e. The van der Waals surface area contributed by atoms with E-state index in [1.54, 1.807) is 0 Å². The highest BCUT2D eigenvalue weighted by Crippen LogP contribution is 2.16. The Bertz CT molecular complexity index is 312. The predicted octanol–water partition coefficient (Wildman–Crippen LogP) is 0.527. The second-order valence-corrected chi connectivity index (χ2v) is 4.05. The van der Waals surface area contributed by atoms with Crippen molar-refractivity contribution in [2.75, 3.05) is 25.0 Å². The van der Waals surface area contributed by atoms with Crippen LogP contribution < -0.4 is 10.2 Å². The van der Waals surface area contributed by atoms with Gasteiger partial charge in [-0.1, -0.05) is 0 Å². The Hall–Kier alpha value is -1.03. The average Bonchev–Trinajstić information content (AvgIpc) is 2.73. The Balaban J connectivity index is 2.17. The van der Waals surface area contributed by atoms with Crippen molar-refractivity contribution in [3.8, 4) is 0 Å². The minimum atomic E-state index is 0.593. The quantitative estimate of drug-likeness (QED) is 0.745. The molecule has 0 radical (unpaired) electrons. The standard InChI is InChI=1S/C10H18N4/c1-8-7-13(2)10(12-8)14(3)9-4-5-11-6-9/h7,9,11H,4-6H2,1-3H3. The summed E-state index contributed by atoms with van der Waals surface area (Å²) in [7, 11) is 4.17. The van der Waals surface area contributed by atoms with Gasteiger partial charge in [-0.05, 0) is 19.9 Å². The Labute approximate surface area is 84.9 Å². The number of aryl methyl sites for hydroxylation is 2. The first kappa shape index (κ1) is 9.52. The molecule has 1 aliphatic rings. The molecule has 1 fully saturated rings. The molecule has 0 aromatic carbocycles. The third-order valence-corrected chi connectivity index (χ3v) is 2.87. The van der Waals surface area contributed by atoms with Crippen molar-refractivity contribution < 1.29 is 0 Å². The summed E-state index contributed by atoms with van der Waals surface area (Å²) in [6.07, 6.45) is 3.27. The molecule has 2 heterocycles. The monoisotopic (exact) mass is 194 g/mol. The molecule has 1 saturated heterocycles. The molecule has 2 rings (SSSR count). The van der Waals surface area contributed by atoms with Crippen molar-refractivity contribution in [2.45, 2.75) is 19.4 Å². The Kier molecular flexibility index (Phi) is 2.46. The molecule has 78 valence electrons. The number of anilines is 1. The van der Waals surface area contributed by atoms with Crippen molar-refractivity contribution in [1.29, 1.82) is 0 Å². The number of aromatic nitrogens is 2. The number of nitrogens with zero attached hydrogens (tertiary/aromatic N) is 3. The Morgan fingerprint density at radius 1 is 1.64 bits per heavy atom. The van der Waals surface area contributed by atoms with E-state index in [2.05, 4.69) is 33.0 Å². The van der Waals surface area contributed by atoms with E-state index in [1.165, 1.54) is 6.42 Å². The minimum absolute atomic E-state index is 0.593. The molecule has 1 atom stereocenters. The van der Waals surface area contributed by atoms with Crippen LogP contribution in [0.5, 0.6) is 0 Å². The van der Waals surface area contributed by atoms with Crippen LogP contribution in [0.4, 0.5) is 5.95 Å². The van der Waals surface area contributed by atoms with Crippen LogP contribution in [0.1, 0.15) is 12.1 Å². The lowest BCUT2D eigenvalue weighted by Crippen LogP contribution is -2.35. The van der Waals surface area contributed by atoms with Gasteiger partial charge < -0.3 is 14.8 Å². The van der Waals surface area contributed by atoms with Crippen molar-refractivity contribution >= 4 is 5.95 Å². The molecule has 0 aliphatic carbocycles. The number of rotatable bonds is 2. The van der Waals surface area contributed by atoms with E-state index in [1.807, 2.05) is 14.0 Å². The molecule has 4 heteroatoms. The highest BCUT2D eigenvalue weighted by Gasteiger charge is 2.21. The van der Waals surface area contributed by atoms with Gasteiger partial charge in [0.25, 0.3) is 0 Å². The van der Waals surface area contributed by atoms with Gasteiger partial charge in [0.2, 0.25) is 5.95 Å². The maximum Gasteiger partial charge on any atom is 0.205 e. The lowest BCUT2D eigenvalue weighted by atomic mass is 10.2. The van der Waals surface area contributed by atoms with Gasteiger partial charge in [0, 0.05) is 32.9 Å². The van der Waals surface area contributed by atoms with E-state index in [9.17, 15) is 0 Å². The fourth-order valence-corrected chi connectivity index (χ4v) is 2.06. The van der Waals surface area contributed by atoms with E-state index in [-0.39, 0.29) is 0 Å². The van der Waals surface area contributed by atoms with E-state index in [0.717, 1.165) is 24.7 Å². The molecule has 0 saturated carbocycles. The Morgan fingerprint density at radius 3 is 2.93 bits per heavy atom. The topological polar surface area (TPSA) is 33.1 Å². The number of nitrogens with one attached hydrogen (secondary N) is 1. The van der Waals surface area contributed by atoms with Crippen LogP contribution in [-0.4, -0.2) is 35.7 Å². The summed E-state index contributed by atoms with van der Waals surface area (Å²) >= 11 is 0. The first-order chi connectivity index (χ1) is 6.68. The van der Waals surface area contributed by atoms with E-state index < -0.39 is 0 Å². The zero-order chi connectivity index (χ0) is 10.1. The zero-order valence-electron chi connectivity index (χ0n) is 9.12. The molecule has 1 aromatic heterocycles. The number of likely N-dealkylation sites (N-methyl/N-ethyl adjacent to an activating group) is 1. The summed E-state index contributed by atoms with van der Waals surface area (Å²) in [5.74, 6) is 1.07. The van der Waals surface area contributed by atoms with Crippen LogP contribution >= 0.6 is 0 Å². The van der Waals surface area contributed by atoms with Gasteiger partial charge in [-0.3, -0.25) is 0 Å². The van der Waals surface area contributed by atoms with Crippen LogP contribution in [0.2, 0.25) is 0 Å². The number of hydrogen-bond donors (Lipinski definition) is 1. The van der Waals surface area contributed by atoms with Crippen LogP contribution in [-0.2, 0) is 7.05 Å².